The van der Waals surface area contributed by atoms with Gasteiger partial charge in [-0.05, 0) is 18.8 Å². The lowest BCUT2D eigenvalue weighted by Crippen LogP contribution is -2.29. The summed E-state index contributed by atoms with van der Waals surface area (Å²) >= 11 is 0. The highest BCUT2D eigenvalue weighted by atomic mass is 16.5. The molecule has 2 N–H and O–H groups in total. The second-order valence-corrected chi connectivity index (χ2v) is 3.89. The molecule has 1 atom stereocenters. The third-order valence-electron chi connectivity index (χ3n) is 2.92. The normalized spacial score (nSPS) is 22.2. The SMILES string of the molecule is COC(CC(O)O)C1CCCCC1. The summed E-state index contributed by atoms with van der Waals surface area (Å²) in [6.45, 7) is 0. The van der Waals surface area contributed by atoms with Crippen LogP contribution < -0.4 is 0 Å². The molecule has 1 fully saturated rings. The Morgan fingerprint density at radius 2 is 1.85 bits per heavy atom. The van der Waals surface area contributed by atoms with E-state index in [2.05, 4.69) is 0 Å². The van der Waals surface area contributed by atoms with E-state index >= 15 is 0 Å². The van der Waals surface area contributed by atoms with E-state index < -0.39 is 6.29 Å². The largest absolute Gasteiger partial charge is 0.381 e. The van der Waals surface area contributed by atoms with Gasteiger partial charge in [-0.15, -0.1) is 0 Å². The third kappa shape index (κ3) is 3.63. The van der Waals surface area contributed by atoms with Crippen LogP contribution in [0.4, 0.5) is 0 Å². The van der Waals surface area contributed by atoms with Gasteiger partial charge in [0.25, 0.3) is 0 Å². The quantitative estimate of drug-likeness (QED) is 0.653. The molecule has 13 heavy (non-hydrogen) atoms. The van der Waals surface area contributed by atoms with E-state index in [0.29, 0.717) is 12.3 Å². The van der Waals surface area contributed by atoms with Crippen molar-refractivity contribution in [2.75, 3.05) is 7.11 Å². The fourth-order valence-electron chi connectivity index (χ4n) is 2.19. The van der Waals surface area contributed by atoms with Gasteiger partial charge in [-0.3, -0.25) is 0 Å². The molecule has 1 saturated carbocycles. The second kappa shape index (κ2) is 5.58. The molecule has 1 aliphatic rings. The lowest BCUT2D eigenvalue weighted by Gasteiger charge is -2.29. The van der Waals surface area contributed by atoms with Crippen LogP contribution in [0.25, 0.3) is 0 Å². The van der Waals surface area contributed by atoms with Crippen molar-refractivity contribution in [1.29, 1.82) is 0 Å². The maximum absolute atomic E-state index is 8.86. The zero-order chi connectivity index (χ0) is 9.68. The van der Waals surface area contributed by atoms with Crippen molar-refractivity contribution in [3.63, 3.8) is 0 Å². The van der Waals surface area contributed by atoms with E-state index in [9.17, 15) is 0 Å². The summed E-state index contributed by atoms with van der Waals surface area (Å²) < 4.78 is 5.28. The van der Waals surface area contributed by atoms with Crippen molar-refractivity contribution < 1.29 is 14.9 Å². The maximum atomic E-state index is 8.86. The minimum Gasteiger partial charge on any atom is -0.381 e. The van der Waals surface area contributed by atoms with Crippen LogP contribution in [0.1, 0.15) is 38.5 Å². The lowest BCUT2D eigenvalue weighted by atomic mass is 9.84. The molecule has 0 bridgehead atoms. The summed E-state index contributed by atoms with van der Waals surface area (Å²) in [7, 11) is 1.65. The van der Waals surface area contributed by atoms with Crippen LogP contribution >= 0.6 is 0 Å². The van der Waals surface area contributed by atoms with Gasteiger partial charge in [0.2, 0.25) is 0 Å². The molecule has 0 radical (unpaired) electrons. The Morgan fingerprint density at radius 1 is 1.23 bits per heavy atom. The molecule has 0 aliphatic heterocycles. The summed E-state index contributed by atoms with van der Waals surface area (Å²) in [6, 6.07) is 0. The van der Waals surface area contributed by atoms with Crippen molar-refractivity contribution in [2.45, 2.75) is 50.9 Å². The van der Waals surface area contributed by atoms with E-state index in [-0.39, 0.29) is 6.10 Å². The van der Waals surface area contributed by atoms with Crippen LogP contribution in [-0.4, -0.2) is 29.7 Å². The van der Waals surface area contributed by atoms with Gasteiger partial charge >= 0.3 is 0 Å². The Labute approximate surface area is 79.7 Å². The highest BCUT2D eigenvalue weighted by Crippen LogP contribution is 2.29. The third-order valence-corrected chi connectivity index (χ3v) is 2.92. The first kappa shape index (κ1) is 11.0. The number of aliphatic hydroxyl groups excluding tert-OH is 1. The molecular formula is C10H20O3. The van der Waals surface area contributed by atoms with Crippen molar-refractivity contribution in [2.24, 2.45) is 5.92 Å². The number of methoxy groups -OCH3 is 1. The minimum absolute atomic E-state index is 0.0281. The summed E-state index contributed by atoms with van der Waals surface area (Å²) in [5.74, 6) is 0.528. The van der Waals surface area contributed by atoms with Gasteiger partial charge < -0.3 is 14.9 Å². The first-order valence-electron chi connectivity index (χ1n) is 5.13. The Balaban J connectivity index is 2.34. The summed E-state index contributed by atoms with van der Waals surface area (Å²) in [5.41, 5.74) is 0. The van der Waals surface area contributed by atoms with Crippen molar-refractivity contribution in [3.05, 3.63) is 0 Å². The molecule has 0 amide bonds. The number of hydrogen-bond acceptors (Lipinski definition) is 3. The molecule has 1 rings (SSSR count). The first-order valence-corrected chi connectivity index (χ1v) is 5.13. The van der Waals surface area contributed by atoms with Crippen molar-refractivity contribution in [3.8, 4) is 0 Å². The van der Waals surface area contributed by atoms with Crippen LogP contribution in [0.5, 0.6) is 0 Å². The zero-order valence-corrected chi connectivity index (χ0v) is 8.28. The molecule has 0 aromatic rings. The zero-order valence-electron chi connectivity index (χ0n) is 8.28. The van der Waals surface area contributed by atoms with Crippen molar-refractivity contribution in [1.82, 2.24) is 0 Å². The molecule has 0 saturated heterocycles. The Hall–Kier alpha value is -0.120. The number of ether oxygens (including phenoxy) is 1. The molecule has 3 heteroatoms. The maximum Gasteiger partial charge on any atom is 0.153 e. The average Bonchev–Trinajstić information content (AvgIpc) is 2.15. The van der Waals surface area contributed by atoms with Gasteiger partial charge in [-0.2, -0.15) is 0 Å². The van der Waals surface area contributed by atoms with Gasteiger partial charge in [-0.1, -0.05) is 19.3 Å². The second-order valence-electron chi connectivity index (χ2n) is 3.89. The fourth-order valence-corrected chi connectivity index (χ4v) is 2.19. The average molecular weight is 188 g/mol. The lowest BCUT2D eigenvalue weighted by molar-refractivity contribution is -0.0911. The summed E-state index contributed by atoms with van der Waals surface area (Å²) in [6.07, 6.45) is 5.32. The summed E-state index contributed by atoms with van der Waals surface area (Å²) in [5, 5.41) is 17.7. The molecule has 1 unspecified atom stereocenters. The van der Waals surface area contributed by atoms with Crippen LogP contribution in [0.2, 0.25) is 0 Å². The topological polar surface area (TPSA) is 49.7 Å². The molecule has 3 nitrogen and oxygen atoms in total. The minimum atomic E-state index is -1.23. The Bertz CT molecular complexity index is 130. The molecule has 1 aliphatic carbocycles. The molecule has 78 valence electrons. The van der Waals surface area contributed by atoms with E-state index in [1.54, 1.807) is 7.11 Å². The molecule has 0 heterocycles. The molecule has 0 aromatic carbocycles. The molecule has 0 aromatic heterocycles. The van der Waals surface area contributed by atoms with Gasteiger partial charge in [0, 0.05) is 13.5 Å². The highest BCUT2D eigenvalue weighted by Gasteiger charge is 2.24. The van der Waals surface area contributed by atoms with Gasteiger partial charge in [0.15, 0.2) is 6.29 Å². The van der Waals surface area contributed by atoms with E-state index in [1.807, 2.05) is 0 Å². The van der Waals surface area contributed by atoms with Gasteiger partial charge in [0.1, 0.15) is 0 Å². The summed E-state index contributed by atoms with van der Waals surface area (Å²) in [4.78, 5) is 0. The smallest absolute Gasteiger partial charge is 0.153 e. The monoisotopic (exact) mass is 188 g/mol. The van der Waals surface area contributed by atoms with E-state index in [0.717, 1.165) is 0 Å². The first-order chi connectivity index (χ1) is 6.24. The molecule has 0 spiro atoms. The fraction of sp³-hybridized carbons (Fsp3) is 1.00. The molecular weight excluding hydrogens is 168 g/mol. The standard InChI is InChI=1S/C10H20O3/c1-13-9(7-10(11)12)8-5-3-2-4-6-8/h8-12H,2-7H2,1H3. The predicted molar refractivity (Wildman–Crippen MR) is 50.2 cm³/mol. The predicted octanol–water partition coefficient (Wildman–Crippen LogP) is 1.28. The van der Waals surface area contributed by atoms with E-state index in [1.165, 1.54) is 32.1 Å². The van der Waals surface area contributed by atoms with Crippen LogP contribution in [0.15, 0.2) is 0 Å². The van der Waals surface area contributed by atoms with Gasteiger partial charge in [-0.25, -0.2) is 0 Å². The number of aliphatic hydroxyl groups is 2. The Kier molecular flexibility index (Phi) is 4.70. The van der Waals surface area contributed by atoms with Crippen molar-refractivity contribution >= 4 is 0 Å². The van der Waals surface area contributed by atoms with Gasteiger partial charge in [0.05, 0.1) is 6.10 Å². The van der Waals surface area contributed by atoms with Crippen LogP contribution in [-0.2, 0) is 4.74 Å². The highest BCUT2D eigenvalue weighted by molar-refractivity contribution is 4.74. The van der Waals surface area contributed by atoms with E-state index in [4.69, 9.17) is 14.9 Å². The number of rotatable bonds is 4. The number of hydrogen-bond donors (Lipinski definition) is 2. The van der Waals surface area contributed by atoms with Crippen LogP contribution in [0, 0.1) is 5.92 Å². The Morgan fingerprint density at radius 3 is 2.31 bits per heavy atom. The van der Waals surface area contributed by atoms with Crippen LogP contribution in [0.3, 0.4) is 0 Å².